The summed E-state index contributed by atoms with van der Waals surface area (Å²) in [5, 5.41) is 0. The first-order valence-corrected chi connectivity index (χ1v) is 5.58. The van der Waals surface area contributed by atoms with Gasteiger partial charge in [0.2, 0.25) is 0 Å². The molecule has 4 nitrogen and oxygen atoms in total. The summed E-state index contributed by atoms with van der Waals surface area (Å²) in [6.45, 7) is 3.80. The molecule has 2 N–H and O–H groups in total. The van der Waals surface area contributed by atoms with Crippen LogP contribution in [0.25, 0.3) is 0 Å². The zero-order valence-electron chi connectivity index (χ0n) is 9.95. The van der Waals surface area contributed by atoms with Crippen molar-refractivity contribution in [3.05, 3.63) is 28.8 Å². The van der Waals surface area contributed by atoms with Gasteiger partial charge in [0.05, 0.1) is 5.56 Å². The van der Waals surface area contributed by atoms with Crippen LogP contribution < -0.4 is 10.5 Å². The van der Waals surface area contributed by atoms with Crippen LogP contribution in [0.1, 0.15) is 40.7 Å². The molecule has 1 aromatic rings. The van der Waals surface area contributed by atoms with Crippen LogP contribution in [-0.2, 0) is 4.79 Å². The molecule has 0 unspecified atom stereocenters. The van der Waals surface area contributed by atoms with E-state index in [4.69, 9.17) is 10.5 Å². The van der Waals surface area contributed by atoms with Crippen molar-refractivity contribution in [2.24, 2.45) is 5.73 Å². The summed E-state index contributed by atoms with van der Waals surface area (Å²) in [6.07, 6.45) is 0.507. The van der Waals surface area contributed by atoms with E-state index in [1.165, 1.54) is 0 Å². The second-order valence-corrected chi connectivity index (χ2v) is 4.45. The Labute approximate surface area is 99.8 Å². The van der Waals surface area contributed by atoms with E-state index >= 15 is 0 Å². The summed E-state index contributed by atoms with van der Waals surface area (Å²) in [4.78, 5) is 22.6. The number of ketones is 1. The van der Waals surface area contributed by atoms with Crippen molar-refractivity contribution in [1.82, 2.24) is 0 Å². The summed E-state index contributed by atoms with van der Waals surface area (Å²) >= 11 is 0. The lowest BCUT2D eigenvalue weighted by molar-refractivity contribution is -0.119. The van der Waals surface area contributed by atoms with Gasteiger partial charge in [0.15, 0.2) is 12.4 Å². The van der Waals surface area contributed by atoms with Gasteiger partial charge >= 0.3 is 0 Å². The molecule has 0 spiro atoms. The van der Waals surface area contributed by atoms with E-state index in [9.17, 15) is 9.59 Å². The highest BCUT2D eigenvalue weighted by Crippen LogP contribution is 2.40. The highest BCUT2D eigenvalue weighted by Gasteiger charge is 2.31. The van der Waals surface area contributed by atoms with E-state index < -0.39 is 5.91 Å². The molecule has 0 aliphatic heterocycles. The smallest absolute Gasteiger partial charge is 0.255 e. The SMILES string of the molecule is Cc1ccc(OCC(N)=O)c2c1[C@@H](C)CC2=O. The largest absolute Gasteiger partial charge is 0.483 e. The van der Waals surface area contributed by atoms with Gasteiger partial charge in [-0.2, -0.15) is 0 Å². The molecule has 0 fully saturated rings. The maximum Gasteiger partial charge on any atom is 0.255 e. The maximum atomic E-state index is 11.9. The third kappa shape index (κ3) is 2.02. The van der Waals surface area contributed by atoms with Crippen molar-refractivity contribution < 1.29 is 14.3 Å². The molecule has 0 bridgehead atoms. The van der Waals surface area contributed by atoms with E-state index in [1.807, 2.05) is 19.9 Å². The first-order chi connectivity index (χ1) is 8.00. The lowest BCUT2D eigenvalue weighted by Crippen LogP contribution is -2.20. The van der Waals surface area contributed by atoms with Gasteiger partial charge in [-0.1, -0.05) is 13.0 Å². The molecule has 0 saturated heterocycles. The van der Waals surface area contributed by atoms with E-state index in [0.717, 1.165) is 11.1 Å². The zero-order valence-corrected chi connectivity index (χ0v) is 9.95. The van der Waals surface area contributed by atoms with Crippen molar-refractivity contribution >= 4 is 11.7 Å². The number of fused-ring (bicyclic) bond motifs is 1. The number of nitrogens with two attached hydrogens (primary N) is 1. The van der Waals surface area contributed by atoms with Crippen LogP contribution in [0.3, 0.4) is 0 Å². The molecule has 0 heterocycles. The molecular weight excluding hydrogens is 218 g/mol. The molecule has 2 rings (SSSR count). The molecule has 0 saturated carbocycles. The molecule has 1 amide bonds. The number of carbonyl (C=O) groups excluding carboxylic acids is 2. The predicted octanol–water partition coefficient (Wildman–Crippen LogP) is 1.55. The number of amides is 1. The van der Waals surface area contributed by atoms with Gasteiger partial charge in [-0.25, -0.2) is 0 Å². The Balaban J connectivity index is 2.42. The van der Waals surface area contributed by atoms with E-state index in [-0.39, 0.29) is 18.3 Å². The molecule has 1 atom stereocenters. The molecular formula is C13H15NO3. The Hall–Kier alpha value is -1.84. The number of aryl methyl sites for hydroxylation is 1. The number of benzene rings is 1. The molecule has 1 aliphatic carbocycles. The molecule has 0 aromatic heterocycles. The van der Waals surface area contributed by atoms with Crippen molar-refractivity contribution in [2.75, 3.05) is 6.61 Å². The second kappa shape index (κ2) is 4.20. The van der Waals surface area contributed by atoms with E-state index in [1.54, 1.807) is 6.07 Å². The number of hydrogen-bond donors (Lipinski definition) is 1. The fraction of sp³-hybridized carbons (Fsp3) is 0.385. The van der Waals surface area contributed by atoms with Gasteiger partial charge < -0.3 is 10.5 Å². The van der Waals surface area contributed by atoms with Crippen molar-refractivity contribution in [1.29, 1.82) is 0 Å². The van der Waals surface area contributed by atoms with Crippen LogP contribution in [0.15, 0.2) is 12.1 Å². The monoisotopic (exact) mass is 233 g/mol. The summed E-state index contributed by atoms with van der Waals surface area (Å²) in [5.41, 5.74) is 7.78. The Morgan fingerprint density at radius 1 is 1.53 bits per heavy atom. The van der Waals surface area contributed by atoms with E-state index in [2.05, 4.69) is 0 Å². The molecule has 4 heteroatoms. The lowest BCUT2D eigenvalue weighted by atomic mass is 9.97. The van der Waals surface area contributed by atoms with E-state index in [0.29, 0.717) is 17.7 Å². The van der Waals surface area contributed by atoms with Crippen LogP contribution in [-0.4, -0.2) is 18.3 Å². The maximum absolute atomic E-state index is 11.9. The average molecular weight is 233 g/mol. The second-order valence-electron chi connectivity index (χ2n) is 4.45. The fourth-order valence-corrected chi connectivity index (χ4v) is 2.38. The van der Waals surface area contributed by atoms with Gasteiger partial charge in [0.1, 0.15) is 5.75 Å². The number of ether oxygens (including phenoxy) is 1. The van der Waals surface area contributed by atoms with Gasteiger partial charge in [0, 0.05) is 6.42 Å². The van der Waals surface area contributed by atoms with Gasteiger partial charge in [-0.15, -0.1) is 0 Å². The number of carbonyl (C=O) groups is 2. The fourth-order valence-electron chi connectivity index (χ4n) is 2.38. The third-order valence-electron chi connectivity index (χ3n) is 3.06. The van der Waals surface area contributed by atoms with Crippen molar-refractivity contribution in [2.45, 2.75) is 26.2 Å². The topological polar surface area (TPSA) is 69.4 Å². The van der Waals surface area contributed by atoms with Crippen LogP contribution in [0.4, 0.5) is 0 Å². The van der Waals surface area contributed by atoms with Crippen LogP contribution >= 0.6 is 0 Å². The van der Waals surface area contributed by atoms with Crippen molar-refractivity contribution in [3.63, 3.8) is 0 Å². The Morgan fingerprint density at radius 3 is 2.88 bits per heavy atom. The summed E-state index contributed by atoms with van der Waals surface area (Å²) in [6, 6.07) is 3.64. The number of rotatable bonds is 3. The number of hydrogen-bond acceptors (Lipinski definition) is 3. The lowest BCUT2D eigenvalue weighted by Gasteiger charge is -2.12. The summed E-state index contributed by atoms with van der Waals surface area (Å²) in [5.74, 6) is 0.224. The minimum absolute atomic E-state index is 0.0793. The van der Waals surface area contributed by atoms with Gasteiger partial charge in [-0.05, 0) is 30.0 Å². The number of primary amides is 1. The summed E-state index contributed by atoms with van der Waals surface area (Å²) < 4.78 is 5.29. The summed E-state index contributed by atoms with van der Waals surface area (Å²) in [7, 11) is 0. The van der Waals surface area contributed by atoms with Crippen molar-refractivity contribution in [3.8, 4) is 5.75 Å². The predicted molar refractivity (Wildman–Crippen MR) is 63.2 cm³/mol. The average Bonchev–Trinajstić information content (AvgIpc) is 2.55. The van der Waals surface area contributed by atoms with Gasteiger partial charge in [-0.3, -0.25) is 9.59 Å². The zero-order chi connectivity index (χ0) is 12.6. The quantitative estimate of drug-likeness (QED) is 0.861. The third-order valence-corrected chi connectivity index (χ3v) is 3.06. The Morgan fingerprint density at radius 2 is 2.24 bits per heavy atom. The first-order valence-electron chi connectivity index (χ1n) is 5.58. The normalized spacial score (nSPS) is 18.0. The number of Topliss-reactive ketones (excluding diaryl/α,β-unsaturated/α-hetero) is 1. The molecule has 0 radical (unpaired) electrons. The highest BCUT2D eigenvalue weighted by atomic mass is 16.5. The van der Waals surface area contributed by atoms with Crippen LogP contribution in [0, 0.1) is 6.92 Å². The molecule has 17 heavy (non-hydrogen) atoms. The first kappa shape index (κ1) is 11.6. The standard InChI is InChI=1S/C13H15NO3/c1-7-3-4-10(17-6-11(14)16)13-9(15)5-8(2)12(7)13/h3-4,8H,5-6H2,1-2H3,(H2,14,16)/t8-/m0/s1. The highest BCUT2D eigenvalue weighted by molar-refractivity contribution is 6.04. The molecule has 1 aliphatic rings. The van der Waals surface area contributed by atoms with Crippen LogP contribution in [0.2, 0.25) is 0 Å². The molecule has 1 aromatic carbocycles. The minimum Gasteiger partial charge on any atom is -0.483 e. The minimum atomic E-state index is -0.544. The molecule has 90 valence electrons. The van der Waals surface area contributed by atoms with Crippen LogP contribution in [0.5, 0.6) is 5.75 Å². The Kier molecular flexibility index (Phi) is 2.88. The Bertz CT molecular complexity index is 494. The van der Waals surface area contributed by atoms with Gasteiger partial charge in [0.25, 0.3) is 5.91 Å².